The smallest absolute Gasteiger partial charge is 0.287 e. The van der Waals surface area contributed by atoms with Gasteiger partial charge in [-0.1, -0.05) is 31.4 Å². The second kappa shape index (κ2) is 6.55. The molecule has 0 bridgehead atoms. The predicted molar refractivity (Wildman–Crippen MR) is 95.0 cm³/mol. The number of para-hydroxylation sites is 2. The molecule has 4 rings (SSSR count). The van der Waals surface area contributed by atoms with Crippen LogP contribution in [0.4, 0.5) is 0 Å². The Labute approximate surface area is 142 Å². The number of nitrogens with zero attached hydrogens (tertiary/aromatic N) is 2. The SMILES string of the molecule is O=C(NCC1(N2CCCCC2)CCCC1)c1nc2ccccc2[nH]1. The number of benzene rings is 1. The molecule has 2 aromatic rings. The number of nitrogens with one attached hydrogen (secondary N) is 2. The molecule has 1 saturated carbocycles. The largest absolute Gasteiger partial charge is 0.348 e. The first-order valence-electron chi connectivity index (χ1n) is 9.25. The lowest BCUT2D eigenvalue weighted by atomic mass is 9.92. The summed E-state index contributed by atoms with van der Waals surface area (Å²) in [6, 6.07) is 7.76. The molecule has 0 spiro atoms. The van der Waals surface area contributed by atoms with Crippen LogP contribution in [0.3, 0.4) is 0 Å². The van der Waals surface area contributed by atoms with Gasteiger partial charge in [0.05, 0.1) is 11.0 Å². The average Bonchev–Trinajstić information content (AvgIpc) is 3.28. The van der Waals surface area contributed by atoms with Crippen molar-refractivity contribution in [1.29, 1.82) is 0 Å². The highest BCUT2D eigenvalue weighted by Crippen LogP contribution is 2.36. The number of H-pyrrole nitrogens is 1. The zero-order chi connectivity index (χ0) is 16.4. The average molecular weight is 326 g/mol. The number of rotatable bonds is 4. The van der Waals surface area contributed by atoms with Crippen molar-refractivity contribution in [2.24, 2.45) is 0 Å². The molecule has 0 atom stereocenters. The fourth-order valence-electron chi connectivity index (χ4n) is 4.40. The maximum absolute atomic E-state index is 12.6. The monoisotopic (exact) mass is 326 g/mol. The molecule has 5 heteroatoms. The number of carbonyl (C=O) groups excluding carboxylic acids is 1. The van der Waals surface area contributed by atoms with E-state index in [0.29, 0.717) is 5.82 Å². The predicted octanol–water partition coefficient (Wildman–Crippen LogP) is 3.09. The van der Waals surface area contributed by atoms with Gasteiger partial charge >= 0.3 is 0 Å². The molecular weight excluding hydrogens is 300 g/mol. The molecule has 1 aliphatic carbocycles. The summed E-state index contributed by atoms with van der Waals surface area (Å²) in [5.41, 5.74) is 1.92. The molecule has 1 saturated heterocycles. The number of amides is 1. The summed E-state index contributed by atoms with van der Waals surface area (Å²) in [4.78, 5) is 22.8. The Balaban J connectivity index is 1.46. The Morgan fingerprint density at radius 2 is 1.88 bits per heavy atom. The number of aromatic nitrogens is 2. The van der Waals surface area contributed by atoms with Crippen molar-refractivity contribution in [3.05, 3.63) is 30.1 Å². The van der Waals surface area contributed by atoms with Crippen LogP contribution in [0.5, 0.6) is 0 Å². The van der Waals surface area contributed by atoms with Crippen LogP contribution in [0.15, 0.2) is 24.3 Å². The van der Waals surface area contributed by atoms with E-state index in [2.05, 4.69) is 20.2 Å². The number of likely N-dealkylation sites (tertiary alicyclic amines) is 1. The number of fused-ring (bicyclic) bond motifs is 1. The highest BCUT2D eigenvalue weighted by atomic mass is 16.2. The van der Waals surface area contributed by atoms with E-state index in [1.165, 1.54) is 58.0 Å². The molecule has 5 nitrogen and oxygen atoms in total. The summed E-state index contributed by atoms with van der Waals surface area (Å²) >= 11 is 0. The second-order valence-electron chi connectivity index (χ2n) is 7.26. The van der Waals surface area contributed by atoms with Crippen LogP contribution in [0, 0.1) is 0 Å². The summed E-state index contributed by atoms with van der Waals surface area (Å²) in [7, 11) is 0. The van der Waals surface area contributed by atoms with Gasteiger partial charge in [0.25, 0.3) is 5.91 Å². The fourth-order valence-corrected chi connectivity index (χ4v) is 4.40. The van der Waals surface area contributed by atoms with Crippen molar-refractivity contribution in [2.45, 2.75) is 50.5 Å². The molecule has 1 aliphatic heterocycles. The van der Waals surface area contributed by atoms with E-state index in [-0.39, 0.29) is 11.4 Å². The van der Waals surface area contributed by atoms with Crippen molar-refractivity contribution in [3.63, 3.8) is 0 Å². The van der Waals surface area contributed by atoms with Crippen molar-refractivity contribution in [3.8, 4) is 0 Å². The van der Waals surface area contributed by atoms with Crippen molar-refractivity contribution >= 4 is 16.9 Å². The van der Waals surface area contributed by atoms with E-state index < -0.39 is 0 Å². The van der Waals surface area contributed by atoms with E-state index in [0.717, 1.165) is 17.6 Å². The second-order valence-corrected chi connectivity index (χ2v) is 7.26. The lowest BCUT2D eigenvalue weighted by Gasteiger charge is -2.43. The van der Waals surface area contributed by atoms with Gasteiger partial charge in [-0.25, -0.2) is 4.98 Å². The maximum atomic E-state index is 12.6. The summed E-state index contributed by atoms with van der Waals surface area (Å²) in [6.45, 7) is 3.10. The van der Waals surface area contributed by atoms with Crippen LogP contribution in [-0.4, -0.2) is 45.9 Å². The van der Waals surface area contributed by atoms with Gasteiger partial charge in [-0.2, -0.15) is 0 Å². The normalized spacial score (nSPS) is 21.2. The molecule has 2 N–H and O–H groups in total. The third-order valence-corrected chi connectivity index (χ3v) is 5.74. The first kappa shape index (κ1) is 15.6. The minimum absolute atomic E-state index is 0.0884. The fraction of sp³-hybridized carbons (Fsp3) is 0.579. The highest BCUT2D eigenvalue weighted by Gasteiger charge is 2.40. The quantitative estimate of drug-likeness (QED) is 0.907. The summed E-state index contributed by atoms with van der Waals surface area (Å²) in [5, 5.41) is 3.17. The molecule has 24 heavy (non-hydrogen) atoms. The van der Waals surface area contributed by atoms with Crippen molar-refractivity contribution < 1.29 is 4.79 Å². The lowest BCUT2D eigenvalue weighted by molar-refractivity contribution is 0.0639. The third-order valence-electron chi connectivity index (χ3n) is 5.74. The molecule has 0 unspecified atom stereocenters. The van der Waals surface area contributed by atoms with Gasteiger partial charge in [-0.3, -0.25) is 9.69 Å². The van der Waals surface area contributed by atoms with E-state index in [1.54, 1.807) is 0 Å². The first-order chi connectivity index (χ1) is 11.8. The number of aromatic amines is 1. The Morgan fingerprint density at radius 1 is 1.12 bits per heavy atom. The Morgan fingerprint density at radius 3 is 2.62 bits per heavy atom. The van der Waals surface area contributed by atoms with Crippen molar-refractivity contribution in [2.75, 3.05) is 19.6 Å². The topological polar surface area (TPSA) is 61.0 Å². The van der Waals surface area contributed by atoms with Crippen LogP contribution in [-0.2, 0) is 0 Å². The number of piperidine rings is 1. The maximum Gasteiger partial charge on any atom is 0.287 e. The van der Waals surface area contributed by atoms with Crippen LogP contribution < -0.4 is 5.32 Å². The number of imidazole rings is 1. The number of carbonyl (C=O) groups is 1. The van der Waals surface area contributed by atoms with Crippen LogP contribution in [0.2, 0.25) is 0 Å². The molecule has 2 fully saturated rings. The summed E-state index contributed by atoms with van der Waals surface area (Å²) < 4.78 is 0. The standard InChI is InChI=1S/C19H26N4O/c24-18(17-21-15-8-2-3-9-16(15)22-17)20-14-19(10-4-5-11-19)23-12-6-1-7-13-23/h2-3,8-9H,1,4-7,10-14H2,(H,20,24)(H,21,22). The molecule has 1 amide bonds. The van der Waals surface area contributed by atoms with E-state index in [1.807, 2.05) is 24.3 Å². The molecule has 0 radical (unpaired) electrons. The van der Waals surface area contributed by atoms with Crippen LogP contribution in [0.25, 0.3) is 11.0 Å². The van der Waals surface area contributed by atoms with Gasteiger partial charge in [0, 0.05) is 12.1 Å². The van der Waals surface area contributed by atoms with E-state index >= 15 is 0 Å². The van der Waals surface area contributed by atoms with Gasteiger partial charge in [0.1, 0.15) is 0 Å². The van der Waals surface area contributed by atoms with Gasteiger partial charge in [-0.15, -0.1) is 0 Å². The molecule has 2 heterocycles. The van der Waals surface area contributed by atoms with Crippen LogP contribution in [0.1, 0.15) is 55.6 Å². The highest BCUT2D eigenvalue weighted by molar-refractivity contribution is 5.94. The summed E-state index contributed by atoms with van der Waals surface area (Å²) in [5.74, 6) is 0.331. The van der Waals surface area contributed by atoms with Gasteiger partial charge in [0.15, 0.2) is 5.82 Å². The Bertz CT molecular complexity index is 678. The minimum atomic E-state index is -0.0884. The lowest BCUT2D eigenvalue weighted by Crippen LogP contribution is -2.55. The van der Waals surface area contributed by atoms with Crippen molar-refractivity contribution in [1.82, 2.24) is 20.2 Å². The van der Waals surface area contributed by atoms with Crippen LogP contribution >= 0.6 is 0 Å². The molecule has 1 aromatic heterocycles. The van der Waals surface area contributed by atoms with Gasteiger partial charge < -0.3 is 10.3 Å². The number of hydrogen-bond donors (Lipinski definition) is 2. The van der Waals surface area contributed by atoms with E-state index in [4.69, 9.17) is 0 Å². The molecule has 128 valence electrons. The Hall–Kier alpha value is -1.88. The zero-order valence-corrected chi connectivity index (χ0v) is 14.2. The zero-order valence-electron chi connectivity index (χ0n) is 14.2. The molecule has 2 aliphatic rings. The number of hydrogen-bond acceptors (Lipinski definition) is 3. The van der Waals surface area contributed by atoms with Gasteiger partial charge in [-0.05, 0) is 50.9 Å². The molecular formula is C19H26N4O. The Kier molecular flexibility index (Phi) is 4.27. The first-order valence-corrected chi connectivity index (χ1v) is 9.25. The van der Waals surface area contributed by atoms with E-state index in [9.17, 15) is 4.79 Å². The summed E-state index contributed by atoms with van der Waals surface area (Å²) in [6.07, 6.45) is 8.88. The van der Waals surface area contributed by atoms with Gasteiger partial charge in [0.2, 0.25) is 0 Å². The molecule has 1 aromatic carbocycles. The minimum Gasteiger partial charge on any atom is -0.348 e. The third kappa shape index (κ3) is 2.93.